The molecular formula is C19H26N6O. The Morgan fingerprint density at radius 1 is 1.38 bits per heavy atom. The van der Waals surface area contributed by atoms with Gasteiger partial charge in [0, 0.05) is 58.7 Å². The Hall–Kier alpha value is -2.25. The van der Waals surface area contributed by atoms with Crippen LogP contribution in [0.25, 0.3) is 0 Å². The van der Waals surface area contributed by atoms with Gasteiger partial charge in [0.1, 0.15) is 12.2 Å². The van der Waals surface area contributed by atoms with Crippen molar-refractivity contribution in [2.75, 3.05) is 32.7 Å². The van der Waals surface area contributed by atoms with Gasteiger partial charge in [-0.15, -0.1) is 10.2 Å². The van der Waals surface area contributed by atoms with Crippen molar-refractivity contribution >= 4 is 5.91 Å². The molecule has 0 aliphatic carbocycles. The van der Waals surface area contributed by atoms with E-state index < -0.39 is 0 Å². The van der Waals surface area contributed by atoms with Gasteiger partial charge < -0.3 is 15.2 Å². The van der Waals surface area contributed by atoms with Crippen LogP contribution in [-0.4, -0.2) is 58.3 Å². The first-order valence-electron chi connectivity index (χ1n) is 9.25. The molecule has 2 fully saturated rings. The van der Waals surface area contributed by atoms with E-state index in [1.807, 2.05) is 17.7 Å². The van der Waals surface area contributed by atoms with E-state index in [1.165, 1.54) is 5.56 Å². The van der Waals surface area contributed by atoms with Gasteiger partial charge in [-0.25, -0.2) is 0 Å². The molecule has 7 heteroatoms. The highest BCUT2D eigenvalue weighted by Crippen LogP contribution is 2.39. The summed E-state index contributed by atoms with van der Waals surface area (Å²) in [7, 11) is 1.92. The summed E-state index contributed by atoms with van der Waals surface area (Å²) in [5.74, 6) is 1.44. The summed E-state index contributed by atoms with van der Waals surface area (Å²) in [5, 5.41) is 14.5. The molecule has 2 saturated heterocycles. The van der Waals surface area contributed by atoms with Crippen LogP contribution in [0, 0.1) is 11.3 Å². The van der Waals surface area contributed by atoms with Crippen LogP contribution in [0.1, 0.15) is 11.4 Å². The third-order valence-electron chi connectivity index (χ3n) is 5.74. The maximum Gasteiger partial charge on any atom is 0.229 e. The Balaban J connectivity index is 1.37. The van der Waals surface area contributed by atoms with Crippen LogP contribution in [0.2, 0.25) is 0 Å². The normalized spacial score (nSPS) is 25.3. The number of nitrogens with zero attached hydrogens (tertiary/aromatic N) is 4. The number of amides is 1. The predicted octanol–water partition coefficient (Wildman–Crippen LogP) is 0.195. The summed E-state index contributed by atoms with van der Waals surface area (Å²) < 4.78 is 1.89. The SMILES string of the molecule is Cn1cnnc1CCNC(=O)[C@]12CNC[C@H]1CN(Cc1ccccc1)C2. The topological polar surface area (TPSA) is 75.1 Å². The van der Waals surface area contributed by atoms with E-state index in [1.54, 1.807) is 6.33 Å². The summed E-state index contributed by atoms with van der Waals surface area (Å²) in [4.78, 5) is 15.5. The number of aryl methyl sites for hydroxylation is 1. The van der Waals surface area contributed by atoms with Crippen molar-refractivity contribution in [2.45, 2.75) is 13.0 Å². The first-order valence-corrected chi connectivity index (χ1v) is 9.25. The first kappa shape index (κ1) is 17.2. The zero-order valence-electron chi connectivity index (χ0n) is 15.2. The largest absolute Gasteiger partial charge is 0.355 e. The summed E-state index contributed by atoms with van der Waals surface area (Å²) in [6.07, 6.45) is 2.38. The lowest BCUT2D eigenvalue weighted by atomic mass is 9.80. The number of hydrogen-bond donors (Lipinski definition) is 2. The number of carbonyl (C=O) groups is 1. The number of likely N-dealkylation sites (tertiary alicyclic amines) is 1. The van der Waals surface area contributed by atoms with Crippen molar-refractivity contribution < 1.29 is 4.79 Å². The van der Waals surface area contributed by atoms with Crippen molar-refractivity contribution in [1.82, 2.24) is 30.3 Å². The van der Waals surface area contributed by atoms with Crippen LogP contribution in [0.3, 0.4) is 0 Å². The molecule has 0 radical (unpaired) electrons. The van der Waals surface area contributed by atoms with E-state index in [2.05, 4.69) is 50.0 Å². The smallest absolute Gasteiger partial charge is 0.229 e. The fourth-order valence-electron chi connectivity index (χ4n) is 4.31. The molecule has 2 atom stereocenters. The van der Waals surface area contributed by atoms with Gasteiger partial charge in [-0.3, -0.25) is 9.69 Å². The molecule has 1 amide bonds. The minimum absolute atomic E-state index is 0.172. The second-order valence-electron chi connectivity index (χ2n) is 7.50. The lowest BCUT2D eigenvalue weighted by Crippen LogP contribution is -2.47. The Labute approximate surface area is 153 Å². The highest BCUT2D eigenvalue weighted by atomic mass is 16.2. The number of nitrogens with one attached hydrogen (secondary N) is 2. The van der Waals surface area contributed by atoms with Gasteiger partial charge in [-0.05, 0) is 5.56 Å². The fourth-order valence-corrected chi connectivity index (χ4v) is 4.31. The quantitative estimate of drug-likeness (QED) is 0.775. The Kier molecular flexibility index (Phi) is 4.74. The highest BCUT2D eigenvalue weighted by molar-refractivity contribution is 5.84. The zero-order valence-corrected chi connectivity index (χ0v) is 15.2. The van der Waals surface area contributed by atoms with Crippen LogP contribution in [0.5, 0.6) is 0 Å². The van der Waals surface area contributed by atoms with Gasteiger partial charge in [0.2, 0.25) is 5.91 Å². The fraction of sp³-hybridized carbons (Fsp3) is 0.526. The van der Waals surface area contributed by atoms with Crippen molar-refractivity contribution in [3.8, 4) is 0 Å². The monoisotopic (exact) mass is 354 g/mol. The molecule has 0 bridgehead atoms. The molecule has 0 unspecified atom stereocenters. The summed E-state index contributed by atoms with van der Waals surface area (Å²) in [6.45, 7) is 4.97. The molecule has 2 aromatic rings. The second-order valence-corrected chi connectivity index (χ2v) is 7.50. The summed E-state index contributed by atoms with van der Waals surface area (Å²) >= 11 is 0. The van der Waals surface area contributed by atoms with Crippen molar-refractivity contribution in [3.63, 3.8) is 0 Å². The maximum absolute atomic E-state index is 13.0. The van der Waals surface area contributed by atoms with Crippen LogP contribution in [-0.2, 0) is 24.8 Å². The number of fused-ring (bicyclic) bond motifs is 1. The molecule has 1 aromatic carbocycles. The number of hydrogen-bond acceptors (Lipinski definition) is 5. The second kappa shape index (κ2) is 7.17. The molecule has 26 heavy (non-hydrogen) atoms. The minimum Gasteiger partial charge on any atom is -0.355 e. The van der Waals surface area contributed by atoms with Gasteiger partial charge in [-0.1, -0.05) is 30.3 Å². The minimum atomic E-state index is -0.311. The lowest BCUT2D eigenvalue weighted by molar-refractivity contribution is -0.130. The average molecular weight is 354 g/mol. The van der Waals surface area contributed by atoms with Gasteiger partial charge >= 0.3 is 0 Å². The van der Waals surface area contributed by atoms with Gasteiger partial charge in [0.25, 0.3) is 0 Å². The van der Waals surface area contributed by atoms with E-state index in [4.69, 9.17) is 0 Å². The van der Waals surface area contributed by atoms with Crippen molar-refractivity contribution in [1.29, 1.82) is 0 Å². The van der Waals surface area contributed by atoms with Crippen LogP contribution in [0.15, 0.2) is 36.7 Å². The Morgan fingerprint density at radius 2 is 2.23 bits per heavy atom. The summed E-state index contributed by atoms with van der Waals surface area (Å²) in [5.41, 5.74) is 0.993. The molecule has 1 aromatic heterocycles. The van der Waals surface area contributed by atoms with E-state index in [-0.39, 0.29) is 11.3 Å². The third-order valence-corrected chi connectivity index (χ3v) is 5.74. The molecule has 2 aliphatic heterocycles. The molecule has 7 nitrogen and oxygen atoms in total. The molecule has 2 aliphatic rings. The lowest BCUT2D eigenvalue weighted by Gasteiger charge is -2.27. The number of carbonyl (C=O) groups excluding carboxylic acids is 1. The van der Waals surface area contributed by atoms with E-state index >= 15 is 0 Å². The van der Waals surface area contributed by atoms with Gasteiger partial charge in [0.05, 0.1) is 5.41 Å². The summed E-state index contributed by atoms with van der Waals surface area (Å²) in [6, 6.07) is 10.5. The Morgan fingerprint density at radius 3 is 3.00 bits per heavy atom. The third kappa shape index (κ3) is 3.24. The first-order chi connectivity index (χ1) is 12.7. The molecule has 0 saturated carbocycles. The van der Waals surface area contributed by atoms with E-state index in [0.717, 1.165) is 38.5 Å². The van der Waals surface area contributed by atoms with Gasteiger partial charge in [-0.2, -0.15) is 0 Å². The molecule has 2 N–H and O–H groups in total. The van der Waals surface area contributed by atoms with E-state index in [0.29, 0.717) is 18.9 Å². The number of aromatic nitrogens is 3. The molecule has 3 heterocycles. The zero-order chi connectivity index (χ0) is 18.0. The molecule has 4 rings (SSSR count). The van der Waals surface area contributed by atoms with Crippen LogP contribution in [0.4, 0.5) is 0 Å². The average Bonchev–Trinajstić information content (AvgIpc) is 3.31. The highest BCUT2D eigenvalue weighted by Gasteiger charge is 2.54. The van der Waals surface area contributed by atoms with Crippen LogP contribution < -0.4 is 10.6 Å². The van der Waals surface area contributed by atoms with Crippen molar-refractivity contribution in [2.24, 2.45) is 18.4 Å². The molecule has 138 valence electrons. The number of rotatable bonds is 6. The van der Waals surface area contributed by atoms with Gasteiger partial charge in [0.15, 0.2) is 0 Å². The predicted molar refractivity (Wildman–Crippen MR) is 98.2 cm³/mol. The van der Waals surface area contributed by atoms with Crippen molar-refractivity contribution in [3.05, 3.63) is 48.0 Å². The van der Waals surface area contributed by atoms with E-state index in [9.17, 15) is 4.79 Å². The van der Waals surface area contributed by atoms with Crippen LogP contribution >= 0.6 is 0 Å². The standard InChI is InChI=1S/C19H26N6O/c1-24-14-22-23-17(24)7-8-21-18(26)19-12-20-9-16(19)11-25(13-19)10-15-5-3-2-4-6-15/h2-6,14,16,20H,7-13H2,1H3,(H,21,26)/t16-,19-/m0/s1. The number of benzene rings is 1. The molecule has 0 spiro atoms. The Bertz CT molecular complexity index is 760. The maximum atomic E-state index is 13.0. The molecular weight excluding hydrogens is 328 g/mol.